The molecule has 4 aliphatic rings. The van der Waals surface area contributed by atoms with Gasteiger partial charge in [-0.2, -0.15) is 0 Å². The summed E-state index contributed by atoms with van der Waals surface area (Å²) in [7, 11) is 0. The molecular formula is C21H27N3OS. The first-order valence-corrected chi connectivity index (χ1v) is 10.6. The van der Waals surface area contributed by atoms with E-state index in [9.17, 15) is 4.79 Å². The summed E-state index contributed by atoms with van der Waals surface area (Å²) in [6.45, 7) is 2.14. The Morgan fingerprint density at radius 3 is 3.08 bits per heavy atom. The topological polar surface area (TPSA) is 67.5 Å². The Morgan fingerprint density at radius 2 is 2.23 bits per heavy atom. The largest absolute Gasteiger partial charge is 0.379 e. The highest BCUT2D eigenvalue weighted by molar-refractivity contribution is 8.13. The Hall–Kier alpha value is -1.75. The van der Waals surface area contributed by atoms with Crippen LogP contribution in [0.5, 0.6) is 0 Å². The lowest BCUT2D eigenvalue weighted by atomic mass is 9.82. The van der Waals surface area contributed by atoms with Crippen LogP contribution < -0.4 is 11.1 Å². The summed E-state index contributed by atoms with van der Waals surface area (Å²) in [5.74, 6) is 1.69. The van der Waals surface area contributed by atoms with Gasteiger partial charge in [0, 0.05) is 17.0 Å². The Labute approximate surface area is 159 Å². The molecular weight excluding hydrogens is 342 g/mol. The van der Waals surface area contributed by atoms with E-state index in [-0.39, 0.29) is 11.4 Å². The molecule has 4 rings (SSSR count). The number of hydrogen-bond donors (Lipinski definition) is 2. The van der Waals surface area contributed by atoms with Crippen LogP contribution in [0.4, 0.5) is 0 Å². The highest BCUT2D eigenvalue weighted by Gasteiger charge is 2.32. The molecule has 138 valence electrons. The van der Waals surface area contributed by atoms with E-state index in [1.165, 1.54) is 30.4 Å². The van der Waals surface area contributed by atoms with Crippen molar-refractivity contribution in [2.24, 2.45) is 16.6 Å². The predicted molar refractivity (Wildman–Crippen MR) is 109 cm³/mol. The van der Waals surface area contributed by atoms with Gasteiger partial charge in [0.25, 0.3) is 5.91 Å². The van der Waals surface area contributed by atoms with Crippen molar-refractivity contribution in [3.05, 3.63) is 46.7 Å². The van der Waals surface area contributed by atoms with Gasteiger partial charge in [0.15, 0.2) is 5.17 Å². The lowest BCUT2D eigenvalue weighted by Gasteiger charge is -2.33. The van der Waals surface area contributed by atoms with Crippen LogP contribution in [0.2, 0.25) is 0 Å². The molecule has 1 amide bonds. The maximum atomic E-state index is 12.8. The summed E-state index contributed by atoms with van der Waals surface area (Å²) >= 11 is 1.61. The average molecular weight is 370 g/mol. The lowest BCUT2D eigenvalue weighted by molar-refractivity contribution is -0.116. The summed E-state index contributed by atoms with van der Waals surface area (Å²) in [5.41, 5.74) is 10.1. The molecule has 1 fully saturated rings. The molecule has 0 saturated heterocycles. The van der Waals surface area contributed by atoms with Crippen LogP contribution in [0.1, 0.15) is 51.9 Å². The molecule has 1 heterocycles. The van der Waals surface area contributed by atoms with Crippen LogP contribution in [0.15, 0.2) is 51.7 Å². The second-order valence-corrected chi connectivity index (χ2v) is 8.96. The Kier molecular flexibility index (Phi) is 4.82. The minimum Gasteiger partial charge on any atom is -0.379 e. The van der Waals surface area contributed by atoms with Gasteiger partial charge < -0.3 is 11.1 Å². The van der Waals surface area contributed by atoms with Gasteiger partial charge in [-0.15, -0.1) is 0 Å². The summed E-state index contributed by atoms with van der Waals surface area (Å²) in [5, 5.41) is 3.77. The van der Waals surface area contributed by atoms with Crippen LogP contribution in [0, 0.1) is 5.92 Å². The van der Waals surface area contributed by atoms with E-state index in [1.807, 2.05) is 12.2 Å². The molecule has 3 N–H and O–H groups in total. The molecule has 0 aromatic rings. The third-order valence-corrected chi connectivity index (χ3v) is 6.82. The fourth-order valence-electron chi connectivity index (χ4n) is 4.42. The van der Waals surface area contributed by atoms with E-state index in [1.54, 1.807) is 11.8 Å². The van der Waals surface area contributed by atoms with E-state index in [4.69, 9.17) is 10.7 Å². The SMILES string of the molecule is CC1(C2=CC(C(=O)NC3=CCC4CCCC4=C3)=CCC2)CCSC(N)=N1. The fraction of sp³-hybridized carbons (Fsp3) is 0.524. The third-order valence-electron chi connectivity index (χ3n) is 6.02. The van der Waals surface area contributed by atoms with Gasteiger partial charge in [-0.25, -0.2) is 0 Å². The van der Waals surface area contributed by atoms with Crippen LogP contribution in [0.3, 0.4) is 0 Å². The number of amidine groups is 1. The van der Waals surface area contributed by atoms with Gasteiger partial charge in [0.1, 0.15) is 0 Å². The molecule has 4 nitrogen and oxygen atoms in total. The number of nitrogens with one attached hydrogen (secondary N) is 1. The summed E-state index contributed by atoms with van der Waals surface area (Å²) in [6.07, 6.45) is 16.1. The van der Waals surface area contributed by atoms with Crippen molar-refractivity contribution in [3.63, 3.8) is 0 Å². The zero-order valence-corrected chi connectivity index (χ0v) is 16.2. The fourth-order valence-corrected chi connectivity index (χ4v) is 5.40. The number of allylic oxidation sites excluding steroid dienone is 4. The first-order chi connectivity index (χ1) is 12.5. The predicted octanol–water partition coefficient (Wildman–Crippen LogP) is 3.97. The van der Waals surface area contributed by atoms with E-state index in [2.05, 4.69) is 24.4 Å². The number of nitrogens with zero attached hydrogens (tertiary/aromatic N) is 1. The molecule has 5 heteroatoms. The van der Waals surface area contributed by atoms with Crippen molar-refractivity contribution in [3.8, 4) is 0 Å². The first kappa shape index (κ1) is 17.7. The number of amides is 1. The molecule has 2 unspecified atom stereocenters. The third kappa shape index (κ3) is 3.54. The van der Waals surface area contributed by atoms with Gasteiger partial charge in [-0.05, 0) is 75.5 Å². The van der Waals surface area contributed by atoms with E-state index in [0.717, 1.165) is 42.7 Å². The standard InChI is InChI=1S/C21H27N3OS/c1-21(10-11-26-20(22)24-21)17-7-3-6-16(12-17)19(25)23-18-9-8-14-4-2-5-15(14)13-18/h6,9,12-14H,2-5,7-8,10-11H2,1H3,(H2,22,24)(H,23,25). The van der Waals surface area contributed by atoms with Crippen LogP contribution >= 0.6 is 11.8 Å². The van der Waals surface area contributed by atoms with Gasteiger partial charge in [0.2, 0.25) is 0 Å². The van der Waals surface area contributed by atoms with Crippen molar-refractivity contribution in [2.75, 3.05) is 5.75 Å². The summed E-state index contributed by atoms with van der Waals surface area (Å²) in [6, 6.07) is 0. The van der Waals surface area contributed by atoms with Crippen molar-refractivity contribution >= 4 is 22.8 Å². The van der Waals surface area contributed by atoms with Crippen molar-refractivity contribution < 1.29 is 4.79 Å². The summed E-state index contributed by atoms with van der Waals surface area (Å²) < 4.78 is 0. The number of nitrogens with two attached hydrogens (primary N) is 1. The molecule has 1 aliphatic heterocycles. The minimum atomic E-state index is -0.266. The highest BCUT2D eigenvalue weighted by atomic mass is 32.2. The molecule has 2 atom stereocenters. The van der Waals surface area contributed by atoms with Crippen molar-refractivity contribution in [1.82, 2.24) is 5.32 Å². The van der Waals surface area contributed by atoms with Crippen molar-refractivity contribution in [2.45, 2.75) is 57.4 Å². The zero-order chi connectivity index (χ0) is 18.1. The minimum absolute atomic E-state index is 0.00696. The van der Waals surface area contributed by atoms with E-state index in [0.29, 0.717) is 11.1 Å². The molecule has 26 heavy (non-hydrogen) atoms. The number of rotatable bonds is 3. The second kappa shape index (κ2) is 7.10. The second-order valence-electron chi connectivity index (χ2n) is 7.85. The average Bonchev–Trinajstić information content (AvgIpc) is 3.09. The van der Waals surface area contributed by atoms with Gasteiger partial charge in [0.05, 0.1) is 5.54 Å². The van der Waals surface area contributed by atoms with Gasteiger partial charge in [-0.1, -0.05) is 29.5 Å². The monoisotopic (exact) mass is 369 g/mol. The van der Waals surface area contributed by atoms with Gasteiger partial charge >= 0.3 is 0 Å². The zero-order valence-electron chi connectivity index (χ0n) is 15.4. The van der Waals surface area contributed by atoms with E-state index < -0.39 is 0 Å². The smallest absolute Gasteiger partial charge is 0.255 e. The molecule has 0 bridgehead atoms. The molecule has 0 aromatic carbocycles. The van der Waals surface area contributed by atoms with Crippen molar-refractivity contribution in [1.29, 1.82) is 0 Å². The molecule has 0 spiro atoms. The van der Waals surface area contributed by atoms with Crippen LogP contribution in [0.25, 0.3) is 0 Å². The number of carbonyl (C=O) groups excluding carboxylic acids is 1. The molecule has 0 radical (unpaired) electrons. The molecule has 3 aliphatic carbocycles. The highest BCUT2D eigenvalue weighted by Crippen LogP contribution is 2.38. The van der Waals surface area contributed by atoms with Crippen LogP contribution in [-0.2, 0) is 4.79 Å². The Morgan fingerprint density at radius 1 is 1.35 bits per heavy atom. The Balaban J connectivity index is 1.48. The normalized spacial score (nSPS) is 31.1. The number of thioether (sulfide) groups is 1. The number of hydrogen-bond acceptors (Lipinski definition) is 4. The quantitative estimate of drug-likeness (QED) is 0.791. The van der Waals surface area contributed by atoms with E-state index >= 15 is 0 Å². The molecule has 1 saturated carbocycles. The number of fused-ring (bicyclic) bond motifs is 1. The molecule has 0 aromatic heterocycles. The first-order valence-electron chi connectivity index (χ1n) is 9.65. The maximum absolute atomic E-state index is 12.8. The summed E-state index contributed by atoms with van der Waals surface area (Å²) in [4.78, 5) is 17.5. The number of aliphatic imine (C=N–C) groups is 1. The number of carbonyl (C=O) groups is 1. The van der Waals surface area contributed by atoms with Crippen LogP contribution in [-0.4, -0.2) is 22.4 Å². The maximum Gasteiger partial charge on any atom is 0.255 e. The van der Waals surface area contributed by atoms with Gasteiger partial charge in [-0.3, -0.25) is 9.79 Å². The Bertz CT molecular complexity index is 774. The lowest BCUT2D eigenvalue weighted by Crippen LogP contribution is -2.34.